The molecule has 0 bridgehead atoms. The number of amides is 1. The fourth-order valence-electron chi connectivity index (χ4n) is 4.94. The highest BCUT2D eigenvalue weighted by atomic mass is 35.5. The average Bonchev–Trinajstić information content (AvgIpc) is 3.53. The van der Waals surface area contributed by atoms with E-state index in [-0.39, 0.29) is 40.4 Å². The van der Waals surface area contributed by atoms with E-state index in [0.29, 0.717) is 54.0 Å². The lowest BCUT2D eigenvalue weighted by Gasteiger charge is -2.28. The predicted octanol–water partition coefficient (Wildman–Crippen LogP) is 4.43. The van der Waals surface area contributed by atoms with Gasteiger partial charge in [0.1, 0.15) is 5.52 Å². The molecular formula is C25H30ClFN6O4S. The molecule has 2 fully saturated rings. The van der Waals surface area contributed by atoms with Crippen LogP contribution >= 0.6 is 23.4 Å². The fourth-order valence-corrected chi connectivity index (χ4v) is 6.23. The summed E-state index contributed by atoms with van der Waals surface area (Å²) in [6.07, 6.45) is 1.83. The summed E-state index contributed by atoms with van der Waals surface area (Å²) in [6, 6.07) is 1.16. The molecule has 2 aromatic heterocycles. The van der Waals surface area contributed by atoms with Crippen molar-refractivity contribution in [1.29, 1.82) is 0 Å². The Morgan fingerprint density at radius 1 is 1.39 bits per heavy atom. The molecule has 38 heavy (non-hydrogen) atoms. The van der Waals surface area contributed by atoms with Crippen LogP contribution in [-0.2, 0) is 9.47 Å². The number of fused-ring (bicyclic) bond motifs is 1. The van der Waals surface area contributed by atoms with Gasteiger partial charge in [0.25, 0.3) is 0 Å². The number of likely N-dealkylation sites (tertiary alicyclic amines) is 1. The molecule has 204 valence electrons. The zero-order valence-electron chi connectivity index (χ0n) is 21.3. The third-order valence-corrected chi connectivity index (χ3v) is 8.22. The van der Waals surface area contributed by atoms with Gasteiger partial charge in [-0.15, -0.1) is 0 Å². The zero-order valence-corrected chi connectivity index (χ0v) is 22.9. The third-order valence-electron chi connectivity index (χ3n) is 6.81. The van der Waals surface area contributed by atoms with Gasteiger partial charge in [-0.2, -0.15) is 0 Å². The van der Waals surface area contributed by atoms with Gasteiger partial charge in [0, 0.05) is 30.5 Å². The molecule has 13 heteroatoms. The molecule has 3 atom stereocenters. The maximum atomic E-state index is 15.5. The van der Waals surface area contributed by atoms with Crippen LogP contribution in [0.5, 0.6) is 0 Å². The number of aromatic amines is 1. The van der Waals surface area contributed by atoms with Crippen molar-refractivity contribution >= 4 is 46.4 Å². The molecule has 4 heterocycles. The molecule has 2 aliphatic rings. The maximum absolute atomic E-state index is 15.5. The fraction of sp³-hybridized carbons (Fsp3) is 0.520. The van der Waals surface area contributed by atoms with E-state index in [1.54, 1.807) is 4.90 Å². The number of nitrogens with one attached hydrogen (secondary N) is 2. The number of aliphatic hydroxyl groups is 1. The van der Waals surface area contributed by atoms with Gasteiger partial charge in [0.05, 0.1) is 48.3 Å². The van der Waals surface area contributed by atoms with Gasteiger partial charge in [-0.1, -0.05) is 37.2 Å². The molecule has 0 aliphatic carbocycles. The summed E-state index contributed by atoms with van der Waals surface area (Å²) >= 11 is 8.02. The minimum absolute atomic E-state index is 0.00699. The Kier molecular flexibility index (Phi) is 7.94. The summed E-state index contributed by atoms with van der Waals surface area (Å²) in [5, 5.41) is 14.4. The van der Waals surface area contributed by atoms with Crippen molar-refractivity contribution in [2.75, 3.05) is 38.7 Å². The van der Waals surface area contributed by atoms with Crippen LogP contribution in [0.2, 0.25) is 5.02 Å². The van der Waals surface area contributed by atoms with Crippen molar-refractivity contribution in [2.24, 2.45) is 0 Å². The lowest BCUT2D eigenvalue weighted by Crippen LogP contribution is -2.42. The van der Waals surface area contributed by atoms with Crippen LogP contribution in [-0.4, -0.2) is 86.8 Å². The number of H-pyrrole nitrogens is 1. The van der Waals surface area contributed by atoms with E-state index in [1.807, 2.05) is 13.8 Å². The van der Waals surface area contributed by atoms with Gasteiger partial charge >= 0.3 is 6.09 Å². The van der Waals surface area contributed by atoms with Crippen molar-refractivity contribution in [3.8, 4) is 11.3 Å². The summed E-state index contributed by atoms with van der Waals surface area (Å²) < 4.78 is 25.6. The van der Waals surface area contributed by atoms with Crippen LogP contribution in [0, 0.1) is 5.82 Å². The van der Waals surface area contributed by atoms with Crippen LogP contribution in [0.25, 0.3) is 22.3 Å². The van der Waals surface area contributed by atoms with E-state index >= 15 is 4.39 Å². The van der Waals surface area contributed by atoms with Gasteiger partial charge in [0.2, 0.25) is 5.95 Å². The topological polar surface area (TPSA) is 125 Å². The summed E-state index contributed by atoms with van der Waals surface area (Å²) in [6.45, 7) is 5.93. The molecular weight excluding hydrogens is 535 g/mol. The minimum Gasteiger partial charge on any atom is -0.453 e. The van der Waals surface area contributed by atoms with Crippen molar-refractivity contribution in [1.82, 2.24) is 24.8 Å². The summed E-state index contributed by atoms with van der Waals surface area (Å²) in [5.74, 6) is -0.204. The van der Waals surface area contributed by atoms with Gasteiger partial charge in [0.15, 0.2) is 11.0 Å². The molecule has 5 rings (SSSR count). The first-order valence-corrected chi connectivity index (χ1v) is 13.8. The minimum atomic E-state index is -0.688. The Hall–Kier alpha value is -2.67. The molecule has 2 aliphatic heterocycles. The number of carbonyl (C=O) groups is 1. The van der Waals surface area contributed by atoms with Crippen LogP contribution < -0.4 is 5.32 Å². The molecule has 0 saturated carbocycles. The molecule has 0 spiro atoms. The molecule has 3 N–H and O–H groups in total. The number of hydrogen-bond donors (Lipinski definition) is 3. The van der Waals surface area contributed by atoms with Crippen LogP contribution in [0.15, 0.2) is 17.4 Å². The van der Waals surface area contributed by atoms with Crippen molar-refractivity contribution in [2.45, 2.75) is 55.2 Å². The van der Waals surface area contributed by atoms with Gasteiger partial charge in [-0.3, -0.25) is 0 Å². The molecule has 10 nitrogen and oxygen atoms in total. The Balaban J connectivity index is 1.48. The van der Waals surface area contributed by atoms with Crippen molar-refractivity contribution < 1.29 is 23.8 Å². The SMILES string of the molecule is COC(=O)N1CCC(Sc2nc3c(F)cc(-c4nc(N[C@@H]5CCOC[C@H]5O)ncc4Cl)c(C(C)C)c3[nH]2)C1. The Morgan fingerprint density at radius 3 is 2.95 bits per heavy atom. The average molecular weight is 565 g/mol. The number of anilines is 1. The summed E-state index contributed by atoms with van der Waals surface area (Å²) in [4.78, 5) is 30.3. The number of halogens is 2. The van der Waals surface area contributed by atoms with E-state index < -0.39 is 11.9 Å². The molecule has 1 aromatic carbocycles. The quantitative estimate of drug-likeness (QED) is 0.398. The number of benzene rings is 1. The second-order valence-electron chi connectivity index (χ2n) is 9.76. The van der Waals surface area contributed by atoms with Crippen molar-refractivity contribution in [3.63, 3.8) is 0 Å². The number of nitrogens with zero attached hydrogens (tertiary/aromatic N) is 4. The van der Waals surface area contributed by atoms with E-state index in [0.717, 1.165) is 12.0 Å². The maximum Gasteiger partial charge on any atom is 0.409 e. The Labute approximate surface area is 228 Å². The highest BCUT2D eigenvalue weighted by Crippen LogP contribution is 2.40. The van der Waals surface area contributed by atoms with E-state index in [1.165, 1.54) is 31.1 Å². The Bertz CT molecular complexity index is 1340. The van der Waals surface area contributed by atoms with Crippen molar-refractivity contribution in [3.05, 3.63) is 28.7 Å². The molecule has 1 amide bonds. The number of hydrogen-bond acceptors (Lipinski definition) is 9. The number of methoxy groups -OCH3 is 1. The first-order valence-electron chi connectivity index (χ1n) is 12.5. The smallest absolute Gasteiger partial charge is 0.409 e. The lowest BCUT2D eigenvalue weighted by atomic mass is 9.93. The number of aromatic nitrogens is 4. The highest BCUT2D eigenvalue weighted by molar-refractivity contribution is 7.99. The molecule has 0 radical (unpaired) electrons. The first kappa shape index (κ1) is 26.9. The number of carbonyl (C=O) groups excluding carboxylic acids is 1. The standard InChI is InChI=1S/C25H30ClFN6O4S/c1-12(2)19-14(20-15(26)9-28-23(30-20)29-17-5-7-37-11-18(17)34)8-16(27)21-22(19)32-24(31-21)38-13-4-6-33(10-13)25(35)36-3/h8-9,12-13,17-18,34H,4-7,10-11H2,1-3H3,(H,31,32)(H,28,29,30)/t13?,17-,18-/m1/s1. The van der Waals surface area contributed by atoms with Gasteiger partial charge < -0.3 is 29.8 Å². The summed E-state index contributed by atoms with van der Waals surface area (Å²) in [7, 11) is 1.37. The number of imidazole rings is 1. The van der Waals surface area contributed by atoms with Crippen LogP contribution in [0.4, 0.5) is 15.1 Å². The van der Waals surface area contributed by atoms with E-state index in [4.69, 9.17) is 21.1 Å². The highest BCUT2D eigenvalue weighted by Gasteiger charge is 2.30. The molecule has 1 unspecified atom stereocenters. The van der Waals surface area contributed by atoms with Crippen LogP contribution in [0.3, 0.4) is 0 Å². The van der Waals surface area contributed by atoms with E-state index in [9.17, 15) is 9.90 Å². The zero-order chi connectivity index (χ0) is 27.0. The largest absolute Gasteiger partial charge is 0.453 e. The molecule has 3 aromatic rings. The van der Waals surface area contributed by atoms with Gasteiger partial charge in [-0.05, 0) is 30.4 Å². The van der Waals surface area contributed by atoms with Gasteiger partial charge in [-0.25, -0.2) is 24.1 Å². The third kappa shape index (κ3) is 5.40. The summed E-state index contributed by atoms with van der Waals surface area (Å²) in [5.41, 5.74) is 2.61. The number of rotatable bonds is 6. The van der Waals surface area contributed by atoms with Crippen LogP contribution in [0.1, 0.15) is 38.2 Å². The van der Waals surface area contributed by atoms with E-state index in [2.05, 4.69) is 25.3 Å². The second kappa shape index (κ2) is 11.2. The normalized spacial score (nSPS) is 21.9. The number of aliphatic hydroxyl groups excluding tert-OH is 1. The number of thioether (sulfide) groups is 1. The number of ether oxygens (including phenoxy) is 2. The Morgan fingerprint density at radius 2 is 2.21 bits per heavy atom. The lowest BCUT2D eigenvalue weighted by molar-refractivity contribution is -0.0136. The second-order valence-corrected chi connectivity index (χ2v) is 11.5. The molecule has 2 saturated heterocycles. The first-order chi connectivity index (χ1) is 18.2. The predicted molar refractivity (Wildman–Crippen MR) is 143 cm³/mol. The monoisotopic (exact) mass is 564 g/mol.